The van der Waals surface area contributed by atoms with Crippen LogP contribution in [0.3, 0.4) is 0 Å². The van der Waals surface area contributed by atoms with Crippen molar-refractivity contribution in [3.05, 3.63) is 55.3 Å². The van der Waals surface area contributed by atoms with Gasteiger partial charge in [-0.05, 0) is 86.6 Å². The summed E-state index contributed by atoms with van der Waals surface area (Å²) in [4.78, 5) is 2.68. The maximum Gasteiger partial charge on any atom is 0.0651 e. The van der Waals surface area contributed by atoms with Gasteiger partial charge in [-0.3, -0.25) is 0 Å². The highest BCUT2D eigenvalue weighted by molar-refractivity contribution is 7.12. The van der Waals surface area contributed by atoms with Crippen LogP contribution in [-0.2, 0) is 6.42 Å². The predicted octanol–water partition coefficient (Wildman–Crippen LogP) is 4.90. The predicted molar refractivity (Wildman–Crippen MR) is 89.9 cm³/mol. The molecule has 0 fully saturated rings. The van der Waals surface area contributed by atoms with Crippen LogP contribution in [0.5, 0.6) is 0 Å². The Morgan fingerprint density at radius 1 is 0.900 bits per heavy atom. The van der Waals surface area contributed by atoms with Gasteiger partial charge in [0.25, 0.3) is 0 Å². The van der Waals surface area contributed by atoms with E-state index < -0.39 is 0 Å². The highest BCUT2D eigenvalue weighted by atomic mass is 32.1. The van der Waals surface area contributed by atoms with Gasteiger partial charge in [-0.15, -0.1) is 11.3 Å². The van der Waals surface area contributed by atoms with Crippen molar-refractivity contribution < 1.29 is 0 Å². The summed E-state index contributed by atoms with van der Waals surface area (Å²) in [5, 5.41) is 0. The molecule has 0 aliphatic rings. The fourth-order valence-electron chi connectivity index (χ4n) is 2.89. The summed E-state index contributed by atoms with van der Waals surface area (Å²) in [5.41, 5.74) is 14.8. The van der Waals surface area contributed by atoms with Gasteiger partial charge in [-0.1, -0.05) is 6.92 Å². The van der Waals surface area contributed by atoms with Crippen molar-refractivity contribution in [1.82, 2.24) is 0 Å². The van der Waals surface area contributed by atoms with Gasteiger partial charge in [0.15, 0.2) is 0 Å². The summed E-state index contributed by atoms with van der Waals surface area (Å²) in [6.07, 6.45) is 1.08. The molecule has 0 spiro atoms. The van der Waals surface area contributed by atoms with E-state index >= 15 is 0 Å². The summed E-state index contributed by atoms with van der Waals surface area (Å²) in [7, 11) is 0. The van der Waals surface area contributed by atoms with Crippen LogP contribution in [0.2, 0.25) is 0 Å². The van der Waals surface area contributed by atoms with Crippen molar-refractivity contribution in [2.24, 2.45) is 5.73 Å². The van der Waals surface area contributed by atoms with Crippen LogP contribution in [0.4, 0.5) is 0 Å². The lowest BCUT2D eigenvalue weighted by Gasteiger charge is -2.22. The van der Waals surface area contributed by atoms with E-state index in [2.05, 4.69) is 53.7 Å². The number of benzene rings is 1. The summed E-state index contributed by atoms with van der Waals surface area (Å²) in [5.74, 6) is 0. The highest BCUT2D eigenvalue weighted by Crippen LogP contribution is 2.34. The first kappa shape index (κ1) is 15.3. The van der Waals surface area contributed by atoms with Crippen LogP contribution >= 0.6 is 11.3 Å². The molecule has 1 aromatic heterocycles. The van der Waals surface area contributed by atoms with Crippen molar-refractivity contribution in [2.75, 3.05) is 0 Å². The second-order valence-electron chi connectivity index (χ2n) is 5.67. The third kappa shape index (κ3) is 2.43. The minimum atomic E-state index is -0.00157. The summed E-state index contributed by atoms with van der Waals surface area (Å²) in [6, 6.07) is 4.40. The van der Waals surface area contributed by atoms with Gasteiger partial charge in [0, 0.05) is 9.75 Å². The molecule has 0 amide bonds. The van der Waals surface area contributed by atoms with E-state index in [1.54, 1.807) is 0 Å². The molecule has 0 saturated heterocycles. The third-order valence-corrected chi connectivity index (χ3v) is 6.02. The summed E-state index contributed by atoms with van der Waals surface area (Å²) in [6.45, 7) is 13.2. The summed E-state index contributed by atoms with van der Waals surface area (Å²) >= 11 is 1.84. The molecule has 1 atom stereocenters. The number of aryl methyl sites for hydroxylation is 1. The number of rotatable bonds is 3. The van der Waals surface area contributed by atoms with E-state index in [1.807, 2.05) is 11.3 Å². The Kier molecular flexibility index (Phi) is 4.36. The summed E-state index contributed by atoms with van der Waals surface area (Å²) < 4.78 is 0. The van der Waals surface area contributed by atoms with Crippen molar-refractivity contribution in [3.63, 3.8) is 0 Å². The van der Waals surface area contributed by atoms with Gasteiger partial charge >= 0.3 is 0 Å². The molecule has 2 rings (SSSR count). The molecule has 0 bridgehead atoms. The Hall–Kier alpha value is -1.12. The zero-order valence-electron chi connectivity index (χ0n) is 13.4. The Morgan fingerprint density at radius 3 is 1.85 bits per heavy atom. The topological polar surface area (TPSA) is 26.0 Å². The van der Waals surface area contributed by atoms with Crippen molar-refractivity contribution in [3.8, 4) is 0 Å². The Bertz CT molecular complexity index is 608. The molecule has 0 radical (unpaired) electrons. The number of thiophene rings is 1. The zero-order valence-corrected chi connectivity index (χ0v) is 14.2. The maximum absolute atomic E-state index is 6.58. The van der Waals surface area contributed by atoms with Gasteiger partial charge < -0.3 is 5.73 Å². The van der Waals surface area contributed by atoms with Crippen molar-refractivity contribution >= 4 is 11.3 Å². The Balaban J connectivity index is 2.57. The fourth-order valence-corrected chi connectivity index (χ4v) is 3.85. The molecule has 20 heavy (non-hydrogen) atoms. The molecule has 1 nitrogen and oxygen atoms in total. The average Bonchev–Trinajstić information content (AvgIpc) is 2.92. The minimum Gasteiger partial charge on any atom is -0.320 e. The lowest BCUT2D eigenvalue weighted by Crippen LogP contribution is -2.16. The molecular formula is C18H25NS. The molecule has 2 N–H and O–H groups in total. The van der Waals surface area contributed by atoms with Crippen LogP contribution in [0, 0.1) is 34.6 Å². The smallest absolute Gasteiger partial charge is 0.0651 e. The molecular weight excluding hydrogens is 262 g/mol. The van der Waals surface area contributed by atoms with E-state index in [4.69, 9.17) is 5.73 Å². The van der Waals surface area contributed by atoms with Gasteiger partial charge in [-0.2, -0.15) is 0 Å². The highest BCUT2D eigenvalue weighted by Gasteiger charge is 2.20. The first-order valence-corrected chi connectivity index (χ1v) is 8.11. The van der Waals surface area contributed by atoms with E-state index in [0.717, 1.165) is 6.42 Å². The normalized spacial score (nSPS) is 12.8. The largest absolute Gasteiger partial charge is 0.320 e. The number of hydrogen-bond acceptors (Lipinski definition) is 2. The first-order chi connectivity index (χ1) is 9.38. The number of hydrogen-bond donors (Lipinski definition) is 1. The molecule has 0 saturated carbocycles. The van der Waals surface area contributed by atoms with Crippen molar-refractivity contribution in [2.45, 2.75) is 54.0 Å². The number of nitrogens with two attached hydrogens (primary N) is 1. The zero-order chi connectivity index (χ0) is 15.0. The van der Waals surface area contributed by atoms with E-state index in [0.29, 0.717) is 0 Å². The van der Waals surface area contributed by atoms with Crippen LogP contribution in [-0.4, -0.2) is 0 Å². The molecule has 2 aromatic rings. The first-order valence-electron chi connectivity index (χ1n) is 7.29. The fraction of sp³-hybridized carbons (Fsp3) is 0.444. The maximum atomic E-state index is 6.58. The van der Waals surface area contributed by atoms with Gasteiger partial charge in [0.1, 0.15) is 0 Å². The van der Waals surface area contributed by atoms with E-state index in [9.17, 15) is 0 Å². The minimum absolute atomic E-state index is 0.00157. The molecule has 0 aliphatic carbocycles. The quantitative estimate of drug-likeness (QED) is 0.853. The molecule has 108 valence electrons. The van der Waals surface area contributed by atoms with Gasteiger partial charge in [0.05, 0.1) is 6.04 Å². The second-order valence-corrected chi connectivity index (χ2v) is 6.87. The standard InChI is InChI=1S/C18H25NS/c1-7-15-8-9-16(20-15)18(19)17-13(5)11(3)10(2)12(4)14(17)6/h8-9,18H,7,19H2,1-6H3. The molecule has 1 unspecified atom stereocenters. The molecule has 0 aliphatic heterocycles. The molecule has 1 heterocycles. The van der Waals surface area contributed by atoms with E-state index in [1.165, 1.54) is 43.1 Å². The van der Waals surface area contributed by atoms with Gasteiger partial charge in [-0.25, -0.2) is 0 Å². The monoisotopic (exact) mass is 287 g/mol. The van der Waals surface area contributed by atoms with E-state index in [-0.39, 0.29) is 6.04 Å². The average molecular weight is 287 g/mol. The van der Waals surface area contributed by atoms with Gasteiger partial charge in [0.2, 0.25) is 0 Å². The lowest BCUT2D eigenvalue weighted by molar-refractivity contribution is 0.861. The Morgan fingerprint density at radius 2 is 1.40 bits per heavy atom. The Labute approximate surface area is 126 Å². The SMILES string of the molecule is CCc1ccc(C(N)c2c(C)c(C)c(C)c(C)c2C)s1. The lowest BCUT2D eigenvalue weighted by atomic mass is 9.86. The second kappa shape index (κ2) is 5.71. The molecule has 2 heteroatoms. The van der Waals surface area contributed by atoms with Crippen LogP contribution in [0.1, 0.15) is 56.1 Å². The van der Waals surface area contributed by atoms with Crippen molar-refractivity contribution in [1.29, 1.82) is 0 Å². The molecule has 1 aromatic carbocycles. The van der Waals surface area contributed by atoms with Crippen LogP contribution in [0.15, 0.2) is 12.1 Å². The van der Waals surface area contributed by atoms with Crippen LogP contribution < -0.4 is 5.73 Å². The third-order valence-electron chi connectivity index (χ3n) is 4.71. The van der Waals surface area contributed by atoms with Crippen LogP contribution in [0.25, 0.3) is 0 Å².